The molecule has 8 heteroatoms. The molecule has 0 unspecified atom stereocenters. The highest BCUT2D eigenvalue weighted by molar-refractivity contribution is 7.99. The summed E-state index contributed by atoms with van der Waals surface area (Å²) in [5.41, 5.74) is 2.34. The van der Waals surface area contributed by atoms with E-state index in [2.05, 4.69) is 4.72 Å². The van der Waals surface area contributed by atoms with Crippen molar-refractivity contribution in [3.8, 4) is 0 Å². The largest absolute Gasteiger partial charge is 0.280 e. The molecule has 6 nitrogen and oxygen atoms in total. The van der Waals surface area contributed by atoms with Crippen molar-refractivity contribution in [1.29, 1.82) is 0 Å². The van der Waals surface area contributed by atoms with Gasteiger partial charge in [-0.2, -0.15) is 0 Å². The average Bonchev–Trinajstić information content (AvgIpc) is 3.00. The van der Waals surface area contributed by atoms with Gasteiger partial charge in [-0.3, -0.25) is 19.2 Å². The minimum atomic E-state index is -3.65. The van der Waals surface area contributed by atoms with E-state index in [1.54, 1.807) is 72.8 Å². The van der Waals surface area contributed by atoms with E-state index in [1.165, 1.54) is 16.7 Å². The Balaban J connectivity index is 1.34. The van der Waals surface area contributed by atoms with Crippen molar-refractivity contribution in [1.82, 2.24) is 4.90 Å². The molecule has 0 radical (unpaired) electrons. The number of carbonyl (C=O) groups is 2. The van der Waals surface area contributed by atoms with Crippen LogP contribution in [0.25, 0.3) is 0 Å². The average molecular weight is 453 g/mol. The van der Waals surface area contributed by atoms with Crippen molar-refractivity contribution in [3.63, 3.8) is 0 Å². The molecule has 31 heavy (non-hydrogen) atoms. The van der Waals surface area contributed by atoms with Crippen LogP contribution in [0.15, 0.2) is 82.6 Å². The van der Waals surface area contributed by atoms with Crippen molar-refractivity contribution in [2.75, 3.05) is 17.0 Å². The molecule has 1 aliphatic heterocycles. The molecule has 1 N–H and O–H groups in total. The van der Waals surface area contributed by atoms with Gasteiger partial charge >= 0.3 is 0 Å². The smallest absolute Gasteiger partial charge is 0.261 e. The van der Waals surface area contributed by atoms with E-state index >= 15 is 0 Å². The van der Waals surface area contributed by atoms with Gasteiger partial charge < -0.3 is 0 Å². The topological polar surface area (TPSA) is 83.6 Å². The molecule has 0 spiro atoms. The fraction of sp³-hybridized carbons (Fsp3) is 0.130. The third-order valence-electron chi connectivity index (χ3n) is 4.90. The number of rotatable bonds is 7. The Labute approximate surface area is 185 Å². The quantitative estimate of drug-likeness (QED) is 0.429. The Hall–Kier alpha value is -3.10. The normalized spacial score (nSPS) is 13.4. The summed E-state index contributed by atoms with van der Waals surface area (Å²) in [5, 5.41) is 0. The molecule has 0 saturated heterocycles. The molecule has 1 aliphatic rings. The lowest BCUT2D eigenvalue weighted by Gasteiger charge is -2.13. The van der Waals surface area contributed by atoms with Crippen LogP contribution in [0.1, 0.15) is 26.3 Å². The zero-order chi connectivity index (χ0) is 22.0. The summed E-state index contributed by atoms with van der Waals surface area (Å²) in [6, 6.07) is 20.5. The molecule has 0 bridgehead atoms. The molecule has 0 saturated carbocycles. The first kappa shape index (κ1) is 21.1. The van der Waals surface area contributed by atoms with Crippen molar-refractivity contribution >= 4 is 39.3 Å². The van der Waals surface area contributed by atoms with Crippen molar-refractivity contribution in [2.45, 2.75) is 16.7 Å². The predicted molar refractivity (Wildman–Crippen MR) is 121 cm³/mol. The van der Waals surface area contributed by atoms with Gasteiger partial charge in [0.15, 0.2) is 0 Å². The number of nitrogens with zero attached hydrogens (tertiary/aromatic N) is 1. The second-order valence-electron chi connectivity index (χ2n) is 7.10. The lowest BCUT2D eigenvalue weighted by molar-refractivity contribution is 0.0664. The number of sulfonamides is 1. The van der Waals surface area contributed by atoms with Crippen LogP contribution in [0.2, 0.25) is 0 Å². The number of hydrogen-bond acceptors (Lipinski definition) is 5. The summed E-state index contributed by atoms with van der Waals surface area (Å²) in [4.78, 5) is 27.2. The van der Waals surface area contributed by atoms with Gasteiger partial charge in [-0.1, -0.05) is 29.8 Å². The molecule has 3 aromatic rings. The number of carbonyl (C=O) groups excluding carboxylic acids is 2. The van der Waals surface area contributed by atoms with Crippen LogP contribution in [0.3, 0.4) is 0 Å². The van der Waals surface area contributed by atoms with Gasteiger partial charge in [0.05, 0.1) is 16.0 Å². The van der Waals surface area contributed by atoms with Gasteiger partial charge in [-0.15, -0.1) is 11.8 Å². The molecule has 0 aromatic heterocycles. The van der Waals surface area contributed by atoms with Crippen LogP contribution < -0.4 is 4.72 Å². The highest BCUT2D eigenvalue weighted by atomic mass is 32.2. The minimum absolute atomic E-state index is 0.206. The number of nitrogens with one attached hydrogen (secondary N) is 1. The Bertz CT molecular complexity index is 1200. The molecule has 3 aromatic carbocycles. The number of imide groups is 1. The summed E-state index contributed by atoms with van der Waals surface area (Å²) in [7, 11) is -3.65. The van der Waals surface area contributed by atoms with E-state index in [1.807, 2.05) is 6.92 Å². The monoisotopic (exact) mass is 452 g/mol. The molecule has 0 fully saturated rings. The molecule has 158 valence electrons. The Morgan fingerprint density at radius 2 is 1.42 bits per heavy atom. The van der Waals surface area contributed by atoms with E-state index in [4.69, 9.17) is 0 Å². The molecule has 4 rings (SSSR count). The van der Waals surface area contributed by atoms with Crippen LogP contribution in [0.5, 0.6) is 0 Å². The standard InChI is InChI=1S/C23H20N2O4S2/c1-16-6-12-19(13-7-16)31(28,29)24-17-8-10-18(11-9-17)30-15-14-25-22(26)20-4-2-3-5-21(20)23(25)27/h2-13,24H,14-15H2,1H3. The van der Waals surface area contributed by atoms with Gasteiger partial charge in [0, 0.05) is 22.9 Å². The van der Waals surface area contributed by atoms with Crippen molar-refractivity contribution in [3.05, 3.63) is 89.5 Å². The Morgan fingerprint density at radius 3 is 2.00 bits per heavy atom. The third-order valence-corrected chi connectivity index (χ3v) is 7.29. The fourth-order valence-electron chi connectivity index (χ4n) is 3.25. The fourth-order valence-corrected chi connectivity index (χ4v) is 5.14. The molecule has 2 amide bonds. The van der Waals surface area contributed by atoms with Crippen molar-refractivity contribution < 1.29 is 18.0 Å². The second-order valence-corrected chi connectivity index (χ2v) is 9.95. The third kappa shape index (κ3) is 4.50. The van der Waals surface area contributed by atoms with Crippen LogP contribution in [0.4, 0.5) is 5.69 Å². The predicted octanol–water partition coefficient (Wildman–Crippen LogP) is 4.18. The van der Waals surface area contributed by atoms with E-state index in [0.717, 1.165) is 10.5 Å². The lowest BCUT2D eigenvalue weighted by Crippen LogP contribution is -2.31. The second kappa shape index (κ2) is 8.56. The van der Waals surface area contributed by atoms with E-state index in [9.17, 15) is 18.0 Å². The van der Waals surface area contributed by atoms with Crippen LogP contribution in [-0.2, 0) is 10.0 Å². The molecule has 1 heterocycles. The number of amides is 2. The maximum Gasteiger partial charge on any atom is 0.261 e. The minimum Gasteiger partial charge on any atom is -0.280 e. The van der Waals surface area contributed by atoms with E-state index in [0.29, 0.717) is 29.1 Å². The Kier molecular flexibility index (Phi) is 5.84. The number of fused-ring (bicyclic) bond motifs is 1. The maximum atomic E-state index is 12.5. The van der Waals surface area contributed by atoms with Crippen LogP contribution in [0, 0.1) is 6.92 Å². The van der Waals surface area contributed by atoms with E-state index < -0.39 is 10.0 Å². The number of thioether (sulfide) groups is 1. The first-order valence-corrected chi connectivity index (χ1v) is 12.1. The van der Waals surface area contributed by atoms with Gasteiger partial charge in [0.25, 0.3) is 21.8 Å². The SMILES string of the molecule is Cc1ccc(S(=O)(=O)Nc2ccc(SCCN3C(=O)c4ccccc4C3=O)cc2)cc1. The lowest BCUT2D eigenvalue weighted by atomic mass is 10.1. The zero-order valence-corrected chi connectivity index (χ0v) is 18.4. The summed E-state index contributed by atoms with van der Waals surface area (Å²) in [5.74, 6) is 0.0176. The van der Waals surface area contributed by atoms with E-state index in [-0.39, 0.29) is 16.7 Å². The summed E-state index contributed by atoms with van der Waals surface area (Å²) >= 11 is 1.49. The zero-order valence-electron chi connectivity index (χ0n) is 16.7. The van der Waals surface area contributed by atoms with Gasteiger partial charge in [0.2, 0.25) is 0 Å². The van der Waals surface area contributed by atoms with Gasteiger partial charge in [-0.25, -0.2) is 8.42 Å². The summed E-state index contributed by atoms with van der Waals surface area (Å²) < 4.78 is 27.5. The van der Waals surface area contributed by atoms with Gasteiger partial charge in [-0.05, 0) is 55.5 Å². The number of hydrogen-bond donors (Lipinski definition) is 1. The first-order chi connectivity index (χ1) is 14.8. The van der Waals surface area contributed by atoms with Crippen LogP contribution >= 0.6 is 11.8 Å². The highest BCUT2D eigenvalue weighted by Crippen LogP contribution is 2.25. The molecule has 0 aliphatic carbocycles. The first-order valence-electron chi connectivity index (χ1n) is 9.63. The number of aryl methyl sites for hydroxylation is 1. The Morgan fingerprint density at radius 1 is 0.839 bits per heavy atom. The molecular formula is C23H20N2O4S2. The number of benzene rings is 3. The van der Waals surface area contributed by atoms with Crippen LogP contribution in [-0.4, -0.2) is 37.4 Å². The highest BCUT2D eigenvalue weighted by Gasteiger charge is 2.34. The molecule has 0 atom stereocenters. The summed E-state index contributed by atoms with van der Waals surface area (Å²) in [6.45, 7) is 2.20. The van der Waals surface area contributed by atoms with Crippen molar-refractivity contribution in [2.24, 2.45) is 0 Å². The summed E-state index contributed by atoms with van der Waals surface area (Å²) in [6.07, 6.45) is 0. The molecular weight excluding hydrogens is 432 g/mol. The number of anilines is 1. The maximum absolute atomic E-state index is 12.5. The van der Waals surface area contributed by atoms with Gasteiger partial charge in [0.1, 0.15) is 0 Å².